The van der Waals surface area contributed by atoms with Crippen molar-refractivity contribution in [1.82, 2.24) is 25.1 Å². The molecule has 0 atom stereocenters. The average molecular weight is 245 g/mol. The number of aryl methyl sites for hydroxylation is 2. The maximum Gasteiger partial charge on any atom is 0.155 e. The number of rotatable bonds is 5. The highest BCUT2D eigenvalue weighted by molar-refractivity contribution is 5.28. The summed E-state index contributed by atoms with van der Waals surface area (Å²) < 4.78 is 1.85. The molecule has 0 aromatic carbocycles. The van der Waals surface area contributed by atoms with Crippen LogP contribution in [0.2, 0.25) is 0 Å². The molecule has 0 aliphatic rings. The molecule has 0 aliphatic heterocycles. The van der Waals surface area contributed by atoms with Gasteiger partial charge in [-0.15, -0.1) is 5.10 Å². The van der Waals surface area contributed by atoms with Gasteiger partial charge in [0.1, 0.15) is 5.82 Å². The first-order valence-corrected chi connectivity index (χ1v) is 6.33. The van der Waals surface area contributed by atoms with E-state index >= 15 is 0 Å². The van der Waals surface area contributed by atoms with Gasteiger partial charge in [0.25, 0.3) is 0 Å². The number of nitrogens with zero attached hydrogens (tertiary/aromatic N) is 4. The second kappa shape index (κ2) is 5.73. The van der Waals surface area contributed by atoms with E-state index in [-0.39, 0.29) is 0 Å². The van der Waals surface area contributed by atoms with Gasteiger partial charge in [-0.1, -0.05) is 13.8 Å². The normalized spacial score (nSPS) is 10.8. The molecule has 0 radical (unpaired) electrons. The van der Waals surface area contributed by atoms with E-state index in [1.807, 2.05) is 30.1 Å². The SMILES string of the molecule is CCc1nc(CC)n(-c2cc(CNC)ccn2)n1. The third-order valence-corrected chi connectivity index (χ3v) is 2.76. The van der Waals surface area contributed by atoms with Crippen LogP contribution in [0.25, 0.3) is 5.82 Å². The fourth-order valence-electron chi connectivity index (χ4n) is 1.84. The molecule has 18 heavy (non-hydrogen) atoms. The highest BCUT2D eigenvalue weighted by Gasteiger charge is 2.10. The zero-order valence-electron chi connectivity index (χ0n) is 11.1. The van der Waals surface area contributed by atoms with Crippen molar-refractivity contribution in [2.45, 2.75) is 33.2 Å². The predicted molar refractivity (Wildman–Crippen MR) is 70.7 cm³/mol. The summed E-state index contributed by atoms with van der Waals surface area (Å²) in [6, 6.07) is 4.05. The Bertz CT molecular complexity index is 518. The Morgan fingerprint density at radius 1 is 1.28 bits per heavy atom. The van der Waals surface area contributed by atoms with E-state index in [0.29, 0.717) is 0 Å². The Morgan fingerprint density at radius 3 is 2.78 bits per heavy atom. The molecule has 0 amide bonds. The van der Waals surface area contributed by atoms with Crippen LogP contribution in [0.3, 0.4) is 0 Å². The summed E-state index contributed by atoms with van der Waals surface area (Å²) in [7, 11) is 1.93. The first kappa shape index (κ1) is 12.7. The Morgan fingerprint density at radius 2 is 2.11 bits per heavy atom. The van der Waals surface area contributed by atoms with E-state index in [9.17, 15) is 0 Å². The van der Waals surface area contributed by atoms with Crippen molar-refractivity contribution in [2.24, 2.45) is 0 Å². The topological polar surface area (TPSA) is 55.6 Å². The fourth-order valence-corrected chi connectivity index (χ4v) is 1.84. The van der Waals surface area contributed by atoms with Gasteiger partial charge >= 0.3 is 0 Å². The molecule has 5 nitrogen and oxygen atoms in total. The minimum atomic E-state index is 0.826. The van der Waals surface area contributed by atoms with E-state index in [2.05, 4.69) is 34.2 Å². The molecule has 0 fully saturated rings. The molecular weight excluding hydrogens is 226 g/mol. The molecule has 0 saturated carbocycles. The molecule has 96 valence electrons. The maximum absolute atomic E-state index is 4.50. The van der Waals surface area contributed by atoms with Crippen LogP contribution in [0.1, 0.15) is 31.1 Å². The quantitative estimate of drug-likeness (QED) is 0.867. The van der Waals surface area contributed by atoms with E-state index in [0.717, 1.165) is 36.9 Å². The predicted octanol–water partition coefficient (Wildman–Crippen LogP) is 1.51. The number of pyridine rings is 1. The minimum absolute atomic E-state index is 0.826. The molecule has 0 bridgehead atoms. The van der Waals surface area contributed by atoms with Gasteiger partial charge in [0.2, 0.25) is 0 Å². The molecule has 0 unspecified atom stereocenters. The van der Waals surface area contributed by atoms with Crippen LogP contribution in [-0.2, 0) is 19.4 Å². The summed E-state index contributed by atoms with van der Waals surface area (Å²) in [5, 5.41) is 7.63. The van der Waals surface area contributed by atoms with Gasteiger partial charge in [0.15, 0.2) is 11.6 Å². The van der Waals surface area contributed by atoms with Crippen LogP contribution < -0.4 is 5.32 Å². The van der Waals surface area contributed by atoms with Crippen LogP contribution >= 0.6 is 0 Å². The van der Waals surface area contributed by atoms with Crippen LogP contribution in [0, 0.1) is 0 Å². The summed E-state index contributed by atoms with van der Waals surface area (Å²) >= 11 is 0. The molecule has 2 aromatic heterocycles. The van der Waals surface area contributed by atoms with Crippen LogP contribution in [0.15, 0.2) is 18.3 Å². The highest BCUT2D eigenvalue weighted by Crippen LogP contribution is 2.10. The van der Waals surface area contributed by atoms with Crippen molar-refractivity contribution in [3.63, 3.8) is 0 Å². The summed E-state index contributed by atoms with van der Waals surface area (Å²) in [6.07, 6.45) is 3.51. The van der Waals surface area contributed by atoms with Gasteiger partial charge in [-0.2, -0.15) is 4.68 Å². The lowest BCUT2D eigenvalue weighted by molar-refractivity contribution is 0.760. The van der Waals surface area contributed by atoms with Crippen molar-refractivity contribution in [2.75, 3.05) is 7.05 Å². The first-order chi connectivity index (χ1) is 8.78. The van der Waals surface area contributed by atoms with Crippen LogP contribution in [0.5, 0.6) is 0 Å². The molecule has 2 heterocycles. The molecule has 2 rings (SSSR count). The Labute approximate surface area is 107 Å². The molecule has 0 spiro atoms. The molecule has 1 N–H and O–H groups in total. The van der Waals surface area contributed by atoms with Gasteiger partial charge in [-0.25, -0.2) is 9.97 Å². The van der Waals surface area contributed by atoms with E-state index < -0.39 is 0 Å². The molecule has 0 aliphatic carbocycles. The lowest BCUT2D eigenvalue weighted by Crippen LogP contribution is -2.08. The van der Waals surface area contributed by atoms with Crippen molar-refractivity contribution in [1.29, 1.82) is 0 Å². The zero-order chi connectivity index (χ0) is 13.0. The summed E-state index contributed by atoms with van der Waals surface area (Å²) in [4.78, 5) is 8.88. The third-order valence-electron chi connectivity index (χ3n) is 2.76. The van der Waals surface area contributed by atoms with Gasteiger partial charge in [0, 0.05) is 25.6 Å². The largest absolute Gasteiger partial charge is 0.316 e. The first-order valence-electron chi connectivity index (χ1n) is 6.33. The van der Waals surface area contributed by atoms with E-state index in [4.69, 9.17) is 0 Å². The van der Waals surface area contributed by atoms with Crippen molar-refractivity contribution < 1.29 is 0 Å². The van der Waals surface area contributed by atoms with Gasteiger partial charge < -0.3 is 5.32 Å². The third kappa shape index (κ3) is 2.56. The lowest BCUT2D eigenvalue weighted by atomic mass is 10.2. The zero-order valence-corrected chi connectivity index (χ0v) is 11.1. The van der Waals surface area contributed by atoms with Crippen LogP contribution in [-0.4, -0.2) is 26.8 Å². The number of hydrogen-bond donors (Lipinski definition) is 1. The van der Waals surface area contributed by atoms with Crippen LogP contribution in [0.4, 0.5) is 0 Å². The monoisotopic (exact) mass is 245 g/mol. The fraction of sp³-hybridized carbons (Fsp3) is 0.462. The highest BCUT2D eigenvalue weighted by atomic mass is 15.4. The van der Waals surface area contributed by atoms with E-state index in [1.165, 1.54) is 5.56 Å². The maximum atomic E-state index is 4.50. The van der Waals surface area contributed by atoms with Gasteiger partial charge in [0.05, 0.1) is 0 Å². The molecule has 0 saturated heterocycles. The van der Waals surface area contributed by atoms with Crippen molar-refractivity contribution in [3.8, 4) is 5.82 Å². The Hall–Kier alpha value is -1.75. The average Bonchev–Trinajstić information content (AvgIpc) is 2.83. The molecular formula is C13H19N5. The van der Waals surface area contributed by atoms with Gasteiger partial charge in [-0.05, 0) is 24.7 Å². The summed E-state index contributed by atoms with van der Waals surface area (Å²) in [5.41, 5.74) is 1.19. The number of aromatic nitrogens is 4. The van der Waals surface area contributed by atoms with Crippen molar-refractivity contribution in [3.05, 3.63) is 35.5 Å². The van der Waals surface area contributed by atoms with E-state index in [1.54, 1.807) is 0 Å². The van der Waals surface area contributed by atoms with Gasteiger partial charge in [-0.3, -0.25) is 0 Å². The lowest BCUT2D eigenvalue weighted by Gasteiger charge is -2.05. The Balaban J connectivity index is 2.40. The smallest absolute Gasteiger partial charge is 0.155 e. The summed E-state index contributed by atoms with van der Waals surface area (Å²) in [5.74, 6) is 2.67. The second-order valence-electron chi connectivity index (χ2n) is 4.12. The summed E-state index contributed by atoms with van der Waals surface area (Å²) in [6.45, 7) is 4.97. The minimum Gasteiger partial charge on any atom is -0.316 e. The molecule has 5 heteroatoms. The number of hydrogen-bond acceptors (Lipinski definition) is 4. The standard InChI is InChI=1S/C13H19N5/c1-4-11-16-12(5-2)18(17-11)13-8-10(9-14-3)6-7-15-13/h6-8,14H,4-5,9H2,1-3H3. The Kier molecular flexibility index (Phi) is 4.04. The molecule has 2 aromatic rings. The van der Waals surface area contributed by atoms with Crippen molar-refractivity contribution >= 4 is 0 Å². The number of nitrogens with one attached hydrogen (secondary N) is 1. The second-order valence-corrected chi connectivity index (χ2v) is 4.12.